The second-order valence-corrected chi connectivity index (χ2v) is 12.3. The van der Waals surface area contributed by atoms with Crippen LogP contribution in [-0.4, -0.2) is 51.6 Å². The summed E-state index contributed by atoms with van der Waals surface area (Å²) in [6, 6.07) is 5.60. The summed E-state index contributed by atoms with van der Waals surface area (Å²) in [6.45, 7) is 3.26. The second kappa shape index (κ2) is 8.75. The van der Waals surface area contributed by atoms with Crippen LogP contribution in [0.15, 0.2) is 34.1 Å². The quantitative estimate of drug-likeness (QED) is 0.577. The first-order valence-corrected chi connectivity index (χ1v) is 13.2. The minimum atomic E-state index is -3.91. The number of aryl methyl sites for hydroxylation is 2. The molecule has 0 bridgehead atoms. The third-order valence-electron chi connectivity index (χ3n) is 4.86. The van der Waals surface area contributed by atoms with Crippen LogP contribution in [0.2, 0.25) is 20.1 Å². The predicted molar refractivity (Wildman–Crippen MR) is 120 cm³/mol. The molecule has 2 aromatic carbocycles. The number of hydrogen-bond acceptors (Lipinski definition) is 4. The lowest BCUT2D eigenvalue weighted by molar-refractivity contribution is 0.273. The molecule has 12 heteroatoms. The van der Waals surface area contributed by atoms with E-state index in [0.717, 1.165) is 0 Å². The monoisotopic (exact) mass is 530 g/mol. The number of rotatable bonds is 4. The maximum Gasteiger partial charge on any atom is 0.244 e. The summed E-state index contributed by atoms with van der Waals surface area (Å²) in [7, 11) is -7.82. The number of halogens is 4. The molecule has 0 saturated carbocycles. The Morgan fingerprint density at radius 3 is 1.20 bits per heavy atom. The zero-order chi connectivity index (χ0) is 22.4. The largest absolute Gasteiger partial charge is 0.244 e. The Bertz CT molecular complexity index is 1110. The lowest BCUT2D eigenvalue weighted by Gasteiger charge is -2.33. The molecular weight excluding hydrogens is 514 g/mol. The van der Waals surface area contributed by atoms with Crippen LogP contribution in [0.3, 0.4) is 0 Å². The topological polar surface area (TPSA) is 74.8 Å². The molecule has 0 unspecified atom stereocenters. The maximum absolute atomic E-state index is 13.0. The number of sulfonamides is 2. The van der Waals surface area contributed by atoms with Crippen molar-refractivity contribution < 1.29 is 16.8 Å². The van der Waals surface area contributed by atoms with Crippen molar-refractivity contribution in [3.05, 3.63) is 55.5 Å². The van der Waals surface area contributed by atoms with Crippen LogP contribution in [-0.2, 0) is 20.0 Å². The highest BCUT2D eigenvalue weighted by atomic mass is 35.5. The Hall–Kier alpha value is -0.580. The maximum atomic E-state index is 13.0. The van der Waals surface area contributed by atoms with E-state index < -0.39 is 20.0 Å². The molecule has 3 rings (SSSR count). The molecule has 0 aliphatic carbocycles. The van der Waals surface area contributed by atoms with Crippen LogP contribution in [0.4, 0.5) is 0 Å². The fraction of sp³-hybridized carbons (Fsp3) is 0.333. The average molecular weight is 532 g/mol. The van der Waals surface area contributed by atoms with Gasteiger partial charge < -0.3 is 0 Å². The van der Waals surface area contributed by atoms with Crippen LogP contribution in [0, 0.1) is 13.8 Å². The molecule has 1 aliphatic rings. The molecule has 30 heavy (non-hydrogen) atoms. The molecule has 0 radical (unpaired) electrons. The van der Waals surface area contributed by atoms with Crippen molar-refractivity contribution in [3.8, 4) is 0 Å². The molecule has 2 aromatic rings. The van der Waals surface area contributed by atoms with Crippen LogP contribution in [0.25, 0.3) is 0 Å². The van der Waals surface area contributed by atoms with Crippen molar-refractivity contribution in [2.75, 3.05) is 26.2 Å². The van der Waals surface area contributed by atoms with E-state index in [9.17, 15) is 16.8 Å². The second-order valence-electron chi connectivity index (χ2n) is 6.87. The Balaban J connectivity index is 1.84. The SMILES string of the molecule is Cc1cc(S(=O)(=O)N2CCN(S(=O)(=O)c3cc(C)c(Cl)cc3Cl)CC2)c(Cl)cc1Cl. The molecule has 0 spiro atoms. The number of nitrogens with zero attached hydrogens (tertiary/aromatic N) is 2. The van der Waals surface area contributed by atoms with Crippen molar-refractivity contribution in [1.82, 2.24) is 8.61 Å². The van der Waals surface area contributed by atoms with Crippen LogP contribution < -0.4 is 0 Å². The first kappa shape index (κ1) is 24.1. The highest BCUT2D eigenvalue weighted by Gasteiger charge is 2.35. The van der Waals surface area contributed by atoms with E-state index in [2.05, 4.69) is 0 Å². The molecule has 164 valence electrons. The zero-order valence-corrected chi connectivity index (χ0v) is 20.7. The summed E-state index contributed by atoms with van der Waals surface area (Å²) in [5.74, 6) is 0. The van der Waals surface area contributed by atoms with Gasteiger partial charge >= 0.3 is 0 Å². The van der Waals surface area contributed by atoms with Crippen molar-refractivity contribution >= 4 is 66.5 Å². The predicted octanol–water partition coefficient (Wildman–Crippen LogP) is 4.61. The van der Waals surface area contributed by atoms with Gasteiger partial charge in [0.2, 0.25) is 20.0 Å². The molecule has 0 N–H and O–H groups in total. The van der Waals surface area contributed by atoms with Gasteiger partial charge in [0.15, 0.2) is 0 Å². The van der Waals surface area contributed by atoms with E-state index in [-0.39, 0.29) is 46.0 Å². The van der Waals surface area contributed by atoms with Crippen LogP contribution in [0.1, 0.15) is 11.1 Å². The summed E-state index contributed by atoms with van der Waals surface area (Å²) >= 11 is 24.2. The lowest BCUT2D eigenvalue weighted by atomic mass is 10.2. The van der Waals surface area contributed by atoms with Gasteiger partial charge in [-0.25, -0.2) is 16.8 Å². The van der Waals surface area contributed by atoms with Gasteiger partial charge in [-0.05, 0) is 49.2 Å². The lowest BCUT2D eigenvalue weighted by Crippen LogP contribution is -2.50. The summed E-state index contributed by atoms with van der Waals surface area (Å²) in [6.07, 6.45) is 0. The van der Waals surface area contributed by atoms with Gasteiger partial charge in [-0.15, -0.1) is 0 Å². The Labute approximate surface area is 196 Å². The average Bonchev–Trinajstić information content (AvgIpc) is 2.67. The normalized spacial score (nSPS) is 16.7. The fourth-order valence-electron chi connectivity index (χ4n) is 3.09. The van der Waals surface area contributed by atoms with Gasteiger partial charge in [-0.3, -0.25) is 0 Å². The summed E-state index contributed by atoms with van der Waals surface area (Å²) in [5, 5.41) is 0.767. The Kier molecular flexibility index (Phi) is 7.02. The number of hydrogen-bond donors (Lipinski definition) is 0. The molecule has 0 aromatic heterocycles. The van der Waals surface area contributed by atoms with E-state index in [4.69, 9.17) is 46.4 Å². The molecule has 1 fully saturated rings. The van der Waals surface area contributed by atoms with Gasteiger partial charge in [0.1, 0.15) is 9.79 Å². The van der Waals surface area contributed by atoms with Crippen molar-refractivity contribution in [2.45, 2.75) is 23.6 Å². The van der Waals surface area contributed by atoms with E-state index in [1.54, 1.807) is 13.8 Å². The van der Waals surface area contributed by atoms with E-state index >= 15 is 0 Å². The van der Waals surface area contributed by atoms with Crippen molar-refractivity contribution in [2.24, 2.45) is 0 Å². The van der Waals surface area contributed by atoms with Gasteiger partial charge in [0, 0.05) is 36.2 Å². The van der Waals surface area contributed by atoms with Crippen LogP contribution >= 0.6 is 46.4 Å². The van der Waals surface area contributed by atoms with Crippen molar-refractivity contribution in [1.29, 1.82) is 0 Å². The summed E-state index contributed by atoms with van der Waals surface area (Å²) in [4.78, 5) is -0.113. The van der Waals surface area contributed by atoms with Gasteiger partial charge in [0.05, 0.1) is 10.0 Å². The van der Waals surface area contributed by atoms with E-state index in [0.29, 0.717) is 21.2 Å². The van der Waals surface area contributed by atoms with E-state index in [1.165, 1.54) is 32.9 Å². The minimum Gasteiger partial charge on any atom is -0.207 e. The smallest absolute Gasteiger partial charge is 0.207 e. The molecule has 0 atom stereocenters. The van der Waals surface area contributed by atoms with E-state index in [1.807, 2.05) is 0 Å². The van der Waals surface area contributed by atoms with Gasteiger partial charge in [-0.2, -0.15) is 8.61 Å². The summed E-state index contributed by atoms with van der Waals surface area (Å²) in [5.41, 5.74) is 1.15. The minimum absolute atomic E-state index is 0.0177. The third kappa shape index (κ3) is 4.47. The molecule has 1 saturated heterocycles. The first-order valence-electron chi connectivity index (χ1n) is 8.77. The Morgan fingerprint density at radius 2 is 0.900 bits per heavy atom. The molecular formula is C18H18Cl4N2O4S2. The first-order chi connectivity index (χ1) is 13.9. The third-order valence-corrected chi connectivity index (χ3v) is 10.4. The standard InChI is InChI=1S/C18H18Cl4N2O4S2/c1-11-7-17(15(21)9-13(11)19)29(25,26)23-3-5-24(6-4-23)30(27,28)18-8-12(2)14(20)10-16(18)22/h7-10H,3-6H2,1-2H3. The Morgan fingerprint density at radius 1 is 0.600 bits per heavy atom. The number of piperazine rings is 1. The zero-order valence-electron chi connectivity index (χ0n) is 16.0. The number of benzene rings is 2. The van der Waals surface area contributed by atoms with Crippen molar-refractivity contribution in [3.63, 3.8) is 0 Å². The molecule has 1 heterocycles. The fourth-order valence-corrected chi connectivity index (χ4v) is 7.54. The summed E-state index contributed by atoms with van der Waals surface area (Å²) < 4.78 is 54.5. The molecule has 0 amide bonds. The highest BCUT2D eigenvalue weighted by molar-refractivity contribution is 7.89. The van der Waals surface area contributed by atoms with Gasteiger partial charge in [0.25, 0.3) is 0 Å². The van der Waals surface area contributed by atoms with Crippen LogP contribution in [0.5, 0.6) is 0 Å². The molecule has 6 nitrogen and oxygen atoms in total. The highest BCUT2D eigenvalue weighted by Crippen LogP contribution is 2.33. The molecule has 1 aliphatic heterocycles. The van der Waals surface area contributed by atoms with Gasteiger partial charge in [-0.1, -0.05) is 46.4 Å².